The molecule has 0 aromatic heterocycles. The Morgan fingerprint density at radius 1 is 0.692 bits per heavy atom. The zero-order chi connectivity index (χ0) is 17.8. The van der Waals surface area contributed by atoms with Gasteiger partial charge in [0.05, 0.1) is 11.6 Å². The highest BCUT2D eigenvalue weighted by molar-refractivity contribution is 5.92. The Labute approximate surface area is 154 Å². The first-order valence-corrected chi connectivity index (χ1v) is 9.07. The Hall–Kier alpha value is -2.91. The van der Waals surface area contributed by atoms with E-state index in [1.807, 2.05) is 18.2 Å². The summed E-state index contributed by atoms with van der Waals surface area (Å²) in [4.78, 5) is 0. The zero-order valence-corrected chi connectivity index (χ0v) is 14.6. The monoisotopic (exact) mass is 343 g/mol. The van der Waals surface area contributed by atoms with Crippen LogP contribution in [0.2, 0.25) is 0 Å². The first-order chi connectivity index (χ1) is 12.9. The highest BCUT2D eigenvalue weighted by Gasteiger charge is 2.41. The highest BCUT2D eigenvalue weighted by atomic mass is 16.4. The van der Waals surface area contributed by atoms with E-state index < -0.39 is 0 Å². The van der Waals surface area contributed by atoms with E-state index in [0.29, 0.717) is 0 Å². The van der Waals surface area contributed by atoms with Crippen LogP contribution in [-0.4, -0.2) is 10.9 Å². The van der Waals surface area contributed by atoms with Crippen molar-refractivity contribution in [1.82, 2.24) is 0 Å². The second-order valence-corrected chi connectivity index (χ2v) is 6.83. The maximum atomic E-state index is 9.83. The maximum absolute atomic E-state index is 9.83. The fraction of sp³-hybridized carbons (Fsp3) is 0.174. The highest BCUT2D eigenvalue weighted by Crippen LogP contribution is 2.36. The van der Waals surface area contributed by atoms with Crippen LogP contribution in [0.3, 0.4) is 0 Å². The number of hydrogen-bond donors (Lipinski definition) is 2. The van der Waals surface area contributed by atoms with Gasteiger partial charge in [-0.05, 0) is 5.56 Å². The predicted molar refractivity (Wildman–Crippen MR) is 103 cm³/mol. The summed E-state index contributed by atoms with van der Waals surface area (Å²) in [7, 11) is 0. The molecule has 3 heteroatoms. The van der Waals surface area contributed by atoms with Gasteiger partial charge in [-0.3, -0.25) is 0 Å². The molecule has 0 radical (unpaired) electrons. The summed E-state index contributed by atoms with van der Waals surface area (Å²) >= 11 is 0. The number of quaternary nitrogens is 1. The van der Waals surface area contributed by atoms with Crippen LogP contribution in [0.5, 0.6) is 0 Å². The summed E-state index contributed by atoms with van der Waals surface area (Å²) in [5.74, 6) is 0.0589. The fourth-order valence-electron chi connectivity index (χ4n) is 4.06. The first-order valence-electron chi connectivity index (χ1n) is 9.07. The minimum atomic E-state index is 0.0589. The summed E-state index contributed by atoms with van der Waals surface area (Å²) in [5.41, 5.74) is 4.56. The van der Waals surface area contributed by atoms with Crippen molar-refractivity contribution in [1.29, 1.82) is 0 Å². The SMILES string of the molecule is ON=C1C[C@H](c2ccccc2)[NH2+][C@@H](c2ccccc2)[C@@H]1c1ccccc1. The minimum absolute atomic E-state index is 0.0589. The van der Waals surface area contributed by atoms with Crippen LogP contribution in [0, 0.1) is 0 Å². The third-order valence-electron chi connectivity index (χ3n) is 5.29. The van der Waals surface area contributed by atoms with Gasteiger partial charge < -0.3 is 10.5 Å². The van der Waals surface area contributed by atoms with E-state index in [1.165, 1.54) is 16.7 Å². The summed E-state index contributed by atoms with van der Waals surface area (Å²) < 4.78 is 0. The van der Waals surface area contributed by atoms with Gasteiger partial charge in [-0.1, -0.05) is 96.2 Å². The Kier molecular flexibility index (Phi) is 4.80. The van der Waals surface area contributed by atoms with Gasteiger partial charge in [0.15, 0.2) is 0 Å². The lowest BCUT2D eigenvalue weighted by Gasteiger charge is -2.35. The van der Waals surface area contributed by atoms with E-state index in [1.54, 1.807) is 0 Å². The Bertz CT molecular complexity index is 862. The van der Waals surface area contributed by atoms with E-state index in [2.05, 4.69) is 83.3 Å². The second-order valence-electron chi connectivity index (χ2n) is 6.83. The van der Waals surface area contributed by atoms with Crippen LogP contribution in [-0.2, 0) is 0 Å². The zero-order valence-electron chi connectivity index (χ0n) is 14.6. The van der Waals surface area contributed by atoms with E-state index in [4.69, 9.17) is 0 Å². The molecule has 4 rings (SSSR count). The van der Waals surface area contributed by atoms with Crippen LogP contribution in [0.1, 0.15) is 41.1 Å². The third-order valence-corrected chi connectivity index (χ3v) is 5.29. The fourth-order valence-corrected chi connectivity index (χ4v) is 4.06. The van der Waals surface area contributed by atoms with Gasteiger partial charge in [0.1, 0.15) is 12.1 Å². The van der Waals surface area contributed by atoms with Gasteiger partial charge >= 0.3 is 0 Å². The minimum Gasteiger partial charge on any atom is -0.411 e. The molecular formula is C23H23N2O+. The maximum Gasteiger partial charge on any atom is 0.124 e. The van der Waals surface area contributed by atoms with Crippen molar-refractivity contribution >= 4 is 5.71 Å². The summed E-state index contributed by atoms with van der Waals surface area (Å²) in [6, 6.07) is 31.8. The van der Waals surface area contributed by atoms with Crippen LogP contribution in [0.15, 0.2) is 96.2 Å². The molecule has 26 heavy (non-hydrogen) atoms. The van der Waals surface area contributed by atoms with Crippen molar-refractivity contribution in [2.24, 2.45) is 5.16 Å². The molecular weight excluding hydrogens is 320 g/mol. The average Bonchev–Trinajstić information content (AvgIpc) is 2.74. The molecule has 0 amide bonds. The van der Waals surface area contributed by atoms with Gasteiger partial charge in [-0.25, -0.2) is 0 Å². The largest absolute Gasteiger partial charge is 0.411 e. The summed E-state index contributed by atoms with van der Waals surface area (Å²) in [5, 5.41) is 16.0. The van der Waals surface area contributed by atoms with Gasteiger partial charge in [0, 0.05) is 17.5 Å². The Morgan fingerprint density at radius 3 is 1.73 bits per heavy atom. The third kappa shape index (κ3) is 3.26. The Balaban J connectivity index is 1.78. The topological polar surface area (TPSA) is 49.2 Å². The number of benzene rings is 3. The quantitative estimate of drug-likeness (QED) is 0.547. The van der Waals surface area contributed by atoms with E-state index in [0.717, 1.165) is 12.1 Å². The lowest BCUT2D eigenvalue weighted by molar-refractivity contribution is -0.738. The lowest BCUT2D eigenvalue weighted by atomic mass is 9.77. The van der Waals surface area contributed by atoms with Gasteiger partial charge in [0.25, 0.3) is 0 Å². The predicted octanol–water partition coefficient (Wildman–Crippen LogP) is 4.05. The number of oxime groups is 1. The van der Waals surface area contributed by atoms with Crippen molar-refractivity contribution in [3.05, 3.63) is 108 Å². The standard InChI is InChI=1S/C23H22N2O/c26-25-21-16-20(17-10-4-1-5-11-17)24-23(19-14-8-3-9-15-19)22(21)18-12-6-2-7-13-18/h1-15,20,22-24,26H,16H2/p+1/t20-,22-,23+/m1/s1. The molecule has 0 spiro atoms. The normalized spacial score (nSPS) is 24.5. The molecule has 1 fully saturated rings. The van der Waals surface area contributed by atoms with Gasteiger partial charge in [-0.15, -0.1) is 0 Å². The first kappa shape index (κ1) is 16.6. The molecule has 1 heterocycles. The molecule has 3 N–H and O–H groups in total. The molecule has 1 aliphatic heterocycles. The average molecular weight is 343 g/mol. The number of piperidine rings is 1. The van der Waals surface area contributed by atoms with E-state index in [-0.39, 0.29) is 18.0 Å². The Morgan fingerprint density at radius 2 is 1.19 bits per heavy atom. The molecule has 0 aliphatic carbocycles. The van der Waals surface area contributed by atoms with Crippen molar-refractivity contribution < 1.29 is 10.5 Å². The van der Waals surface area contributed by atoms with Crippen molar-refractivity contribution in [2.75, 3.05) is 0 Å². The molecule has 0 bridgehead atoms. The number of hydrogen-bond acceptors (Lipinski definition) is 2. The molecule has 130 valence electrons. The molecule has 3 atom stereocenters. The molecule has 1 saturated heterocycles. The molecule has 0 unspecified atom stereocenters. The van der Waals surface area contributed by atoms with Crippen LogP contribution in [0.25, 0.3) is 0 Å². The van der Waals surface area contributed by atoms with Crippen LogP contribution >= 0.6 is 0 Å². The number of nitrogens with zero attached hydrogens (tertiary/aromatic N) is 1. The van der Waals surface area contributed by atoms with Gasteiger partial charge in [-0.2, -0.15) is 0 Å². The van der Waals surface area contributed by atoms with Gasteiger partial charge in [0.2, 0.25) is 0 Å². The summed E-state index contributed by atoms with van der Waals surface area (Å²) in [6.07, 6.45) is 0.739. The molecule has 3 nitrogen and oxygen atoms in total. The second kappa shape index (κ2) is 7.54. The molecule has 1 aliphatic rings. The van der Waals surface area contributed by atoms with Crippen molar-refractivity contribution in [3.8, 4) is 0 Å². The lowest BCUT2D eigenvalue weighted by Crippen LogP contribution is -2.89. The summed E-state index contributed by atoms with van der Waals surface area (Å²) in [6.45, 7) is 0. The van der Waals surface area contributed by atoms with Crippen molar-refractivity contribution in [3.63, 3.8) is 0 Å². The number of rotatable bonds is 3. The smallest absolute Gasteiger partial charge is 0.124 e. The van der Waals surface area contributed by atoms with E-state index in [9.17, 15) is 5.21 Å². The van der Waals surface area contributed by atoms with Crippen molar-refractivity contribution in [2.45, 2.75) is 24.4 Å². The van der Waals surface area contributed by atoms with E-state index >= 15 is 0 Å². The molecule has 0 saturated carbocycles. The van der Waals surface area contributed by atoms with Crippen LogP contribution < -0.4 is 5.32 Å². The molecule has 3 aromatic rings. The number of nitrogens with two attached hydrogens (primary N) is 1. The molecule has 3 aromatic carbocycles. The van der Waals surface area contributed by atoms with Crippen LogP contribution in [0.4, 0.5) is 0 Å².